The molecule has 2 heterocycles. The molecule has 2 fully saturated rings. The molecule has 0 unspecified atom stereocenters. The molecule has 0 aromatic heterocycles. The molecule has 7 nitrogen and oxygen atoms in total. The molecule has 4 rings (SSSR count). The molecular weight excluding hydrogens is 468 g/mol. The molecule has 0 saturated carbocycles. The fourth-order valence-electron chi connectivity index (χ4n) is 5.20. The van der Waals surface area contributed by atoms with E-state index in [1.54, 1.807) is 18.7 Å². The third-order valence-electron chi connectivity index (χ3n) is 7.17. The maximum absolute atomic E-state index is 14.8. The van der Waals surface area contributed by atoms with Crippen LogP contribution >= 0.6 is 0 Å². The Hall–Kier alpha value is -3.49. The van der Waals surface area contributed by atoms with Crippen molar-refractivity contribution in [2.45, 2.75) is 51.8 Å². The molecule has 2 aliphatic heterocycles. The molecule has 2 aromatic carbocycles. The Kier molecular flexibility index (Phi) is 7.56. The van der Waals surface area contributed by atoms with E-state index in [0.29, 0.717) is 25.9 Å². The van der Waals surface area contributed by atoms with E-state index in [2.05, 4.69) is 0 Å². The molecule has 2 aromatic rings. The normalized spacial score (nSPS) is 20.4. The first-order valence-corrected chi connectivity index (χ1v) is 12.4. The fraction of sp³-hybridized carbons (Fsp3) is 0.444. The van der Waals surface area contributed by atoms with E-state index in [1.807, 2.05) is 37.3 Å². The molecular formula is C27H31F2N3O4. The van der Waals surface area contributed by atoms with E-state index >= 15 is 0 Å². The standard InChI is InChI=1S/C27H31F2N3O4/c1-4-30(5-2)25(33)22-20(28)11-12-21(29)23(22)26(34)31-15-13-19(14-16-31)32-17(3)24(36-27(32)35)18-9-7-6-8-10-18/h6-12,17,19,24H,4-5,13-16H2,1-3H3/t17-,24-/m0/s1. The van der Waals surface area contributed by atoms with Gasteiger partial charge in [0, 0.05) is 32.2 Å². The van der Waals surface area contributed by atoms with Gasteiger partial charge in [-0.25, -0.2) is 13.6 Å². The van der Waals surface area contributed by atoms with Gasteiger partial charge in [0.25, 0.3) is 11.8 Å². The van der Waals surface area contributed by atoms with Gasteiger partial charge in [-0.05, 0) is 51.3 Å². The van der Waals surface area contributed by atoms with Crippen LogP contribution in [0.15, 0.2) is 42.5 Å². The first-order chi connectivity index (χ1) is 17.3. The molecule has 0 spiro atoms. The lowest BCUT2D eigenvalue weighted by Gasteiger charge is -2.37. The van der Waals surface area contributed by atoms with Gasteiger partial charge in [0.1, 0.15) is 17.7 Å². The number of hydrogen-bond donors (Lipinski definition) is 0. The number of likely N-dealkylation sites (tertiary alicyclic amines) is 1. The zero-order valence-corrected chi connectivity index (χ0v) is 20.7. The summed E-state index contributed by atoms with van der Waals surface area (Å²) in [7, 11) is 0. The predicted octanol–water partition coefficient (Wildman–Crippen LogP) is 4.63. The van der Waals surface area contributed by atoms with Crippen LogP contribution in [0.3, 0.4) is 0 Å². The molecule has 2 atom stereocenters. The SMILES string of the molecule is CCN(CC)C(=O)c1c(F)ccc(F)c1C(=O)N1CCC(N2C(=O)O[C@H](c3ccccc3)[C@@H]2C)CC1. The minimum Gasteiger partial charge on any atom is -0.439 e. The summed E-state index contributed by atoms with van der Waals surface area (Å²) in [6.07, 6.45) is 0.143. The second kappa shape index (κ2) is 10.6. The Balaban J connectivity index is 1.50. The van der Waals surface area contributed by atoms with Crippen LogP contribution in [0.1, 0.15) is 66.0 Å². The van der Waals surface area contributed by atoms with Crippen LogP contribution in [-0.2, 0) is 4.74 Å². The number of carbonyl (C=O) groups excluding carboxylic acids is 3. The highest BCUT2D eigenvalue weighted by Gasteiger charge is 2.44. The van der Waals surface area contributed by atoms with Crippen LogP contribution in [0, 0.1) is 11.6 Å². The van der Waals surface area contributed by atoms with E-state index in [4.69, 9.17) is 4.74 Å². The topological polar surface area (TPSA) is 70.2 Å². The maximum atomic E-state index is 14.8. The van der Waals surface area contributed by atoms with E-state index < -0.39 is 40.7 Å². The average molecular weight is 500 g/mol. The number of carbonyl (C=O) groups is 3. The third kappa shape index (κ3) is 4.66. The van der Waals surface area contributed by atoms with Crippen molar-refractivity contribution in [2.24, 2.45) is 0 Å². The molecule has 2 saturated heterocycles. The molecule has 2 aliphatic rings. The highest BCUT2D eigenvalue weighted by atomic mass is 19.1. The second-order valence-electron chi connectivity index (χ2n) is 9.14. The van der Waals surface area contributed by atoms with Crippen molar-refractivity contribution in [1.82, 2.24) is 14.7 Å². The first kappa shape index (κ1) is 25.6. The van der Waals surface area contributed by atoms with E-state index in [1.165, 1.54) is 9.80 Å². The van der Waals surface area contributed by atoms with Crippen LogP contribution in [0.4, 0.5) is 13.6 Å². The van der Waals surface area contributed by atoms with Gasteiger partial charge in [-0.3, -0.25) is 14.5 Å². The van der Waals surface area contributed by atoms with E-state index in [0.717, 1.165) is 17.7 Å². The Morgan fingerprint density at radius 1 is 0.972 bits per heavy atom. The van der Waals surface area contributed by atoms with Crippen molar-refractivity contribution in [1.29, 1.82) is 0 Å². The van der Waals surface area contributed by atoms with Gasteiger partial charge in [-0.2, -0.15) is 0 Å². The zero-order chi connectivity index (χ0) is 26.0. The van der Waals surface area contributed by atoms with Crippen LogP contribution < -0.4 is 0 Å². The Morgan fingerprint density at radius 2 is 1.56 bits per heavy atom. The Labute approximate surface area is 209 Å². The number of hydrogen-bond acceptors (Lipinski definition) is 4. The van der Waals surface area contributed by atoms with Crippen LogP contribution in [0.5, 0.6) is 0 Å². The smallest absolute Gasteiger partial charge is 0.411 e. The van der Waals surface area contributed by atoms with E-state index in [-0.39, 0.29) is 31.3 Å². The number of amides is 3. The minimum atomic E-state index is -0.929. The minimum absolute atomic E-state index is 0.153. The largest absolute Gasteiger partial charge is 0.439 e. The van der Waals surface area contributed by atoms with Crippen molar-refractivity contribution in [2.75, 3.05) is 26.2 Å². The van der Waals surface area contributed by atoms with Crippen molar-refractivity contribution < 1.29 is 27.9 Å². The first-order valence-electron chi connectivity index (χ1n) is 12.4. The fourth-order valence-corrected chi connectivity index (χ4v) is 5.20. The number of nitrogens with zero attached hydrogens (tertiary/aromatic N) is 3. The summed E-state index contributed by atoms with van der Waals surface area (Å²) >= 11 is 0. The number of piperidine rings is 1. The molecule has 0 aliphatic carbocycles. The summed E-state index contributed by atoms with van der Waals surface area (Å²) < 4.78 is 35.2. The van der Waals surface area contributed by atoms with E-state index in [9.17, 15) is 23.2 Å². The number of benzene rings is 2. The average Bonchev–Trinajstić information content (AvgIpc) is 3.19. The summed E-state index contributed by atoms with van der Waals surface area (Å²) in [6.45, 7) is 6.50. The second-order valence-corrected chi connectivity index (χ2v) is 9.14. The lowest BCUT2D eigenvalue weighted by atomic mass is 9.97. The van der Waals surface area contributed by atoms with Crippen molar-refractivity contribution in [3.63, 3.8) is 0 Å². The number of rotatable bonds is 6. The van der Waals surface area contributed by atoms with Gasteiger partial charge in [0.15, 0.2) is 0 Å². The van der Waals surface area contributed by atoms with Crippen molar-refractivity contribution >= 4 is 17.9 Å². The molecule has 36 heavy (non-hydrogen) atoms. The van der Waals surface area contributed by atoms with Crippen LogP contribution in [-0.4, -0.2) is 70.9 Å². The van der Waals surface area contributed by atoms with Gasteiger partial charge in [0.2, 0.25) is 0 Å². The Morgan fingerprint density at radius 3 is 2.14 bits per heavy atom. The zero-order valence-electron chi connectivity index (χ0n) is 20.7. The summed E-state index contributed by atoms with van der Waals surface area (Å²) in [5, 5.41) is 0. The summed E-state index contributed by atoms with van der Waals surface area (Å²) in [4.78, 5) is 43.5. The monoisotopic (exact) mass is 499 g/mol. The summed E-state index contributed by atoms with van der Waals surface area (Å²) in [5.41, 5.74) is -0.155. The van der Waals surface area contributed by atoms with Gasteiger partial charge in [-0.15, -0.1) is 0 Å². The highest BCUT2D eigenvalue weighted by molar-refractivity contribution is 6.07. The molecule has 0 radical (unpaired) electrons. The lowest BCUT2D eigenvalue weighted by Crippen LogP contribution is -2.49. The molecule has 192 valence electrons. The predicted molar refractivity (Wildman–Crippen MR) is 130 cm³/mol. The van der Waals surface area contributed by atoms with Crippen molar-refractivity contribution in [3.8, 4) is 0 Å². The number of cyclic esters (lactones) is 1. The number of halogens is 2. The summed E-state index contributed by atoms with van der Waals surface area (Å²) in [6, 6.07) is 10.9. The molecule has 3 amide bonds. The molecule has 0 N–H and O–H groups in total. The van der Waals surface area contributed by atoms with Gasteiger partial charge in [0.05, 0.1) is 17.2 Å². The summed E-state index contributed by atoms with van der Waals surface area (Å²) in [5.74, 6) is -3.29. The van der Waals surface area contributed by atoms with Gasteiger partial charge < -0.3 is 14.5 Å². The number of ether oxygens (including phenoxy) is 1. The quantitative estimate of drug-likeness (QED) is 0.581. The highest BCUT2D eigenvalue weighted by Crippen LogP contribution is 2.36. The van der Waals surface area contributed by atoms with Crippen LogP contribution in [0.2, 0.25) is 0 Å². The lowest BCUT2D eigenvalue weighted by molar-refractivity contribution is 0.0623. The molecule has 9 heteroatoms. The Bertz CT molecular complexity index is 1130. The van der Waals surface area contributed by atoms with Gasteiger partial charge in [-0.1, -0.05) is 30.3 Å². The van der Waals surface area contributed by atoms with Crippen molar-refractivity contribution in [3.05, 3.63) is 70.8 Å². The molecule has 0 bridgehead atoms. The van der Waals surface area contributed by atoms with Gasteiger partial charge >= 0.3 is 6.09 Å². The van der Waals surface area contributed by atoms with Crippen LogP contribution in [0.25, 0.3) is 0 Å². The maximum Gasteiger partial charge on any atom is 0.411 e. The third-order valence-corrected chi connectivity index (χ3v) is 7.17.